The predicted molar refractivity (Wildman–Crippen MR) is 107 cm³/mol. The summed E-state index contributed by atoms with van der Waals surface area (Å²) in [7, 11) is 0. The second-order valence-corrected chi connectivity index (χ2v) is 6.27. The van der Waals surface area contributed by atoms with E-state index in [1.54, 1.807) is 6.07 Å². The Balaban J connectivity index is 1.61. The van der Waals surface area contributed by atoms with Crippen LogP contribution in [0.5, 0.6) is 11.5 Å². The van der Waals surface area contributed by atoms with E-state index in [4.69, 9.17) is 25.8 Å². The molecule has 0 aromatic heterocycles. The summed E-state index contributed by atoms with van der Waals surface area (Å²) in [5.74, 6) is 0.476. The Morgan fingerprint density at radius 3 is 2.39 bits per heavy atom. The van der Waals surface area contributed by atoms with E-state index in [0.29, 0.717) is 36.2 Å². The van der Waals surface area contributed by atoms with E-state index in [0.717, 1.165) is 5.56 Å². The summed E-state index contributed by atoms with van der Waals surface area (Å²) in [5, 5.41) is 3.24. The molecule has 0 aliphatic rings. The number of hydrogen-bond acceptors (Lipinski definition) is 5. The topological polar surface area (TPSA) is 73.9 Å². The quantitative estimate of drug-likeness (QED) is 0.455. The summed E-state index contributed by atoms with van der Waals surface area (Å²) >= 11 is 6.02. The van der Waals surface area contributed by atoms with Crippen molar-refractivity contribution in [3.8, 4) is 11.5 Å². The SMILES string of the molecule is CCOc1ccccc1OCCCC(=O)OCC(=O)NCc1ccccc1Cl. The fraction of sp³-hybridized carbons (Fsp3) is 0.333. The van der Waals surface area contributed by atoms with Crippen LogP contribution in [0.4, 0.5) is 0 Å². The first kappa shape index (κ1) is 21.6. The molecule has 0 saturated heterocycles. The van der Waals surface area contributed by atoms with Gasteiger partial charge in [0, 0.05) is 18.0 Å². The Bertz CT molecular complexity index is 781. The molecule has 2 aromatic rings. The first-order valence-corrected chi connectivity index (χ1v) is 9.48. The van der Waals surface area contributed by atoms with Crippen LogP contribution in [0.1, 0.15) is 25.3 Å². The third-order valence-corrected chi connectivity index (χ3v) is 4.10. The number of carbonyl (C=O) groups excluding carboxylic acids is 2. The molecule has 0 unspecified atom stereocenters. The molecule has 0 fully saturated rings. The molecule has 2 aromatic carbocycles. The van der Waals surface area contributed by atoms with Crippen LogP contribution in [0.3, 0.4) is 0 Å². The number of nitrogens with one attached hydrogen (secondary N) is 1. The highest BCUT2D eigenvalue weighted by Crippen LogP contribution is 2.26. The summed E-state index contributed by atoms with van der Waals surface area (Å²) in [6, 6.07) is 14.6. The molecule has 1 amide bonds. The zero-order valence-corrected chi connectivity index (χ0v) is 16.5. The van der Waals surface area contributed by atoms with Gasteiger partial charge in [-0.25, -0.2) is 0 Å². The van der Waals surface area contributed by atoms with Gasteiger partial charge in [-0.2, -0.15) is 0 Å². The number of benzene rings is 2. The maximum atomic E-state index is 11.8. The van der Waals surface area contributed by atoms with E-state index >= 15 is 0 Å². The summed E-state index contributed by atoms with van der Waals surface area (Å²) in [4.78, 5) is 23.5. The Morgan fingerprint density at radius 2 is 1.68 bits per heavy atom. The molecule has 2 rings (SSSR count). The average molecular weight is 406 g/mol. The van der Waals surface area contributed by atoms with Crippen molar-refractivity contribution in [1.82, 2.24) is 5.32 Å². The molecule has 150 valence electrons. The molecule has 0 spiro atoms. The molecule has 7 heteroatoms. The van der Waals surface area contributed by atoms with Crippen LogP contribution < -0.4 is 14.8 Å². The number of para-hydroxylation sites is 2. The van der Waals surface area contributed by atoms with Crippen molar-refractivity contribution >= 4 is 23.5 Å². The van der Waals surface area contributed by atoms with Gasteiger partial charge in [-0.05, 0) is 37.1 Å². The molecule has 0 aliphatic carbocycles. The third kappa shape index (κ3) is 7.48. The molecular weight excluding hydrogens is 382 g/mol. The van der Waals surface area contributed by atoms with Crippen molar-refractivity contribution in [2.45, 2.75) is 26.3 Å². The Labute approximate surface area is 169 Å². The van der Waals surface area contributed by atoms with Gasteiger partial charge in [-0.1, -0.05) is 41.9 Å². The molecular formula is C21H24ClNO5. The van der Waals surface area contributed by atoms with Gasteiger partial charge < -0.3 is 19.5 Å². The van der Waals surface area contributed by atoms with E-state index in [2.05, 4.69) is 5.32 Å². The highest BCUT2D eigenvalue weighted by Gasteiger charge is 2.09. The van der Waals surface area contributed by atoms with E-state index in [1.807, 2.05) is 49.4 Å². The van der Waals surface area contributed by atoms with Crippen LogP contribution in [0.25, 0.3) is 0 Å². The fourth-order valence-electron chi connectivity index (χ4n) is 2.35. The van der Waals surface area contributed by atoms with Crippen LogP contribution in [0.2, 0.25) is 5.02 Å². The van der Waals surface area contributed by atoms with Gasteiger partial charge in [0.1, 0.15) is 0 Å². The minimum atomic E-state index is -0.449. The first-order valence-electron chi connectivity index (χ1n) is 9.10. The lowest BCUT2D eigenvalue weighted by molar-refractivity contribution is -0.148. The molecule has 0 atom stereocenters. The lowest BCUT2D eigenvalue weighted by Gasteiger charge is -2.11. The molecule has 0 radical (unpaired) electrons. The predicted octanol–water partition coefficient (Wildman–Crippen LogP) is 3.76. The summed E-state index contributed by atoms with van der Waals surface area (Å²) in [6.45, 7) is 2.75. The first-order chi connectivity index (χ1) is 13.6. The normalized spacial score (nSPS) is 10.2. The van der Waals surface area contributed by atoms with Gasteiger partial charge in [0.25, 0.3) is 5.91 Å². The zero-order valence-electron chi connectivity index (χ0n) is 15.8. The molecule has 0 bridgehead atoms. The Morgan fingerprint density at radius 1 is 1.00 bits per heavy atom. The van der Waals surface area contributed by atoms with Crippen molar-refractivity contribution in [2.24, 2.45) is 0 Å². The maximum absolute atomic E-state index is 11.8. The number of esters is 1. The maximum Gasteiger partial charge on any atom is 0.306 e. The van der Waals surface area contributed by atoms with Crippen LogP contribution in [-0.4, -0.2) is 31.7 Å². The Hall–Kier alpha value is -2.73. The number of carbonyl (C=O) groups is 2. The van der Waals surface area contributed by atoms with E-state index in [-0.39, 0.29) is 25.5 Å². The van der Waals surface area contributed by atoms with Gasteiger partial charge in [0.15, 0.2) is 18.1 Å². The van der Waals surface area contributed by atoms with Gasteiger partial charge in [0.05, 0.1) is 13.2 Å². The summed E-state index contributed by atoms with van der Waals surface area (Å²) < 4.78 is 16.1. The number of halogens is 1. The van der Waals surface area contributed by atoms with Gasteiger partial charge in [0.2, 0.25) is 0 Å². The second kappa shape index (κ2) is 11.9. The van der Waals surface area contributed by atoms with Crippen molar-refractivity contribution < 1.29 is 23.8 Å². The number of rotatable bonds is 11. The van der Waals surface area contributed by atoms with Gasteiger partial charge in [-0.15, -0.1) is 0 Å². The monoisotopic (exact) mass is 405 g/mol. The summed E-state index contributed by atoms with van der Waals surface area (Å²) in [6.07, 6.45) is 0.634. The van der Waals surface area contributed by atoms with Crippen LogP contribution >= 0.6 is 11.6 Å². The average Bonchev–Trinajstić information content (AvgIpc) is 2.70. The number of hydrogen-bond donors (Lipinski definition) is 1. The minimum absolute atomic E-state index is 0.161. The van der Waals surface area contributed by atoms with Crippen molar-refractivity contribution in [3.63, 3.8) is 0 Å². The van der Waals surface area contributed by atoms with E-state index < -0.39 is 5.97 Å². The van der Waals surface area contributed by atoms with Gasteiger partial charge >= 0.3 is 5.97 Å². The molecule has 0 aliphatic heterocycles. The van der Waals surface area contributed by atoms with Gasteiger partial charge in [-0.3, -0.25) is 9.59 Å². The lowest BCUT2D eigenvalue weighted by Crippen LogP contribution is -2.28. The van der Waals surface area contributed by atoms with Crippen LogP contribution in [0.15, 0.2) is 48.5 Å². The summed E-state index contributed by atoms with van der Waals surface area (Å²) in [5.41, 5.74) is 0.799. The fourth-order valence-corrected chi connectivity index (χ4v) is 2.55. The van der Waals surface area contributed by atoms with Crippen molar-refractivity contribution in [3.05, 3.63) is 59.1 Å². The smallest absolute Gasteiger partial charge is 0.306 e. The highest BCUT2D eigenvalue weighted by atomic mass is 35.5. The second-order valence-electron chi connectivity index (χ2n) is 5.86. The molecule has 6 nitrogen and oxygen atoms in total. The van der Waals surface area contributed by atoms with E-state index in [9.17, 15) is 9.59 Å². The van der Waals surface area contributed by atoms with E-state index in [1.165, 1.54) is 0 Å². The van der Waals surface area contributed by atoms with Crippen LogP contribution in [0, 0.1) is 0 Å². The third-order valence-electron chi connectivity index (χ3n) is 3.73. The molecule has 28 heavy (non-hydrogen) atoms. The molecule has 0 saturated carbocycles. The Kier molecular flexibility index (Phi) is 9.15. The molecule has 1 N–H and O–H groups in total. The van der Waals surface area contributed by atoms with Crippen molar-refractivity contribution in [2.75, 3.05) is 19.8 Å². The number of amides is 1. The minimum Gasteiger partial charge on any atom is -0.490 e. The van der Waals surface area contributed by atoms with Crippen molar-refractivity contribution in [1.29, 1.82) is 0 Å². The largest absolute Gasteiger partial charge is 0.490 e. The highest BCUT2D eigenvalue weighted by molar-refractivity contribution is 6.31. The zero-order chi connectivity index (χ0) is 20.2. The number of ether oxygens (including phenoxy) is 3. The standard InChI is InChI=1S/C21H24ClNO5/c1-2-26-18-10-5-6-11-19(18)27-13-7-12-21(25)28-15-20(24)23-14-16-8-3-4-9-17(16)22/h3-6,8-11H,2,7,12-15H2,1H3,(H,23,24). The lowest BCUT2D eigenvalue weighted by atomic mass is 10.2. The van der Waals surface area contributed by atoms with Crippen LogP contribution in [-0.2, 0) is 20.9 Å². The molecule has 0 heterocycles.